The lowest BCUT2D eigenvalue weighted by Gasteiger charge is -2.17. The van der Waals surface area contributed by atoms with Crippen LogP contribution in [0.3, 0.4) is 0 Å². The second kappa shape index (κ2) is 7.73. The van der Waals surface area contributed by atoms with Crippen molar-refractivity contribution < 1.29 is 19.0 Å². The molecule has 0 aliphatic carbocycles. The lowest BCUT2D eigenvalue weighted by atomic mass is 10.1. The summed E-state index contributed by atoms with van der Waals surface area (Å²) in [7, 11) is 3.17. The minimum Gasteiger partial charge on any atom is -0.496 e. The molecule has 0 saturated carbocycles. The van der Waals surface area contributed by atoms with Gasteiger partial charge in [0.2, 0.25) is 5.91 Å². The zero-order chi connectivity index (χ0) is 15.9. The molecule has 1 aromatic carbocycles. The third-order valence-corrected chi connectivity index (χ3v) is 2.79. The molecule has 0 saturated heterocycles. The largest absolute Gasteiger partial charge is 0.496 e. The molecule has 0 aliphatic rings. The molecule has 0 heterocycles. The Morgan fingerprint density at radius 3 is 2.14 bits per heavy atom. The molecule has 0 bridgehead atoms. The molecule has 0 radical (unpaired) electrons. The molecule has 0 fully saturated rings. The van der Waals surface area contributed by atoms with Gasteiger partial charge in [0.1, 0.15) is 17.2 Å². The second-order valence-corrected chi connectivity index (χ2v) is 5.23. The molecule has 0 spiro atoms. The normalized spacial score (nSPS) is 10.9. The average molecular weight is 296 g/mol. The highest BCUT2D eigenvalue weighted by molar-refractivity contribution is 5.84. The van der Waals surface area contributed by atoms with Gasteiger partial charge in [0.05, 0.1) is 26.4 Å². The zero-order valence-electron chi connectivity index (χ0n) is 13.1. The quantitative estimate of drug-likeness (QED) is 0.707. The van der Waals surface area contributed by atoms with Gasteiger partial charge in [-0.05, 0) is 20.3 Å². The Hall–Kier alpha value is -1.95. The summed E-state index contributed by atoms with van der Waals surface area (Å²) in [6.07, 6.45) is 0.682. The molecule has 0 aromatic heterocycles. The maximum absolute atomic E-state index is 11.6. The summed E-state index contributed by atoms with van der Waals surface area (Å²) in [6.45, 7) is 4.32. The lowest BCUT2D eigenvalue weighted by molar-refractivity contribution is -0.125. The lowest BCUT2D eigenvalue weighted by Crippen LogP contribution is -2.49. The molecule has 0 atom stereocenters. The van der Waals surface area contributed by atoms with Crippen LogP contribution in [0.5, 0.6) is 17.2 Å². The number of carbonyl (C=O) groups excluding carboxylic acids is 1. The van der Waals surface area contributed by atoms with Crippen molar-refractivity contribution in [3.05, 3.63) is 18.2 Å². The first-order valence-electron chi connectivity index (χ1n) is 6.80. The minimum atomic E-state index is -0.860. The summed E-state index contributed by atoms with van der Waals surface area (Å²) >= 11 is 0. The highest BCUT2D eigenvalue weighted by Gasteiger charge is 2.20. The van der Waals surface area contributed by atoms with E-state index in [1.807, 2.05) is 0 Å². The van der Waals surface area contributed by atoms with Crippen LogP contribution >= 0.6 is 0 Å². The Kier molecular flexibility index (Phi) is 6.30. The van der Waals surface area contributed by atoms with Crippen molar-refractivity contribution in [2.45, 2.75) is 25.8 Å². The third-order valence-electron chi connectivity index (χ3n) is 2.79. The second-order valence-electron chi connectivity index (χ2n) is 5.23. The van der Waals surface area contributed by atoms with Crippen LogP contribution < -0.4 is 25.3 Å². The Morgan fingerprint density at radius 1 is 1.14 bits per heavy atom. The van der Waals surface area contributed by atoms with Gasteiger partial charge in [-0.25, -0.2) is 0 Å². The van der Waals surface area contributed by atoms with Crippen LogP contribution in [0.15, 0.2) is 18.2 Å². The molecule has 0 aliphatic heterocycles. The van der Waals surface area contributed by atoms with E-state index in [1.54, 1.807) is 46.3 Å². The molecule has 21 heavy (non-hydrogen) atoms. The average Bonchev–Trinajstić information content (AvgIpc) is 2.45. The van der Waals surface area contributed by atoms with Gasteiger partial charge in [-0.15, -0.1) is 0 Å². The summed E-state index contributed by atoms with van der Waals surface area (Å²) in [5.41, 5.74) is 4.82. The summed E-state index contributed by atoms with van der Waals surface area (Å²) < 4.78 is 15.9. The Labute approximate surface area is 125 Å². The molecular formula is C15H24N2O4. The maximum Gasteiger partial charge on any atom is 0.239 e. The number of nitrogens with two attached hydrogens (primary N) is 1. The van der Waals surface area contributed by atoms with Crippen molar-refractivity contribution in [1.29, 1.82) is 0 Å². The highest BCUT2D eigenvalue weighted by Crippen LogP contribution is 2.27. The number of methoxy groups -OCH3 is 2. The Balaban J connectivity index is 2.38. The first-order chi connectivity index (χ1) is 9.86. The van der Waals surface area contributed by atoms with Gasteiger partial charge in [0.25, 0.3) is 0 Å². The van der Waals surface area contributed by atoms with Crippen molar-refractivity contribution in [3.8, 4) is 17.2 Å². The topological polar surface area (TPSA) is 82.8 Å². The summed E-state index contributed by atoms with van der Waals surface area (Å²) in [5, 5.41) is 2.76. The fourth-order valence-electron chi connectivity index (χ4n) is 1.56. The van der Waals surface area contributed by atoms with Crippen LogP contribution in [0.4, 0.5) is 0 Å². The molecule has 1 rings (SSSR count). The number of ether oxygens (including phenoxy) is 3. The van der Waals surface area contributed by atoms with Gasteiger partial charge in [0, 0.05) is 24.7 Å². The highest BCUT2D eigenvalue weighted by atomic mass is 16.5. The predicted molar refractivity (Wildman–Crippen MR) is 80.9 cm³/mol. The van der Waals surface area contributed by atoms with Crippen molar-refractivity contribution in [3.63, 3.8) is 0 Å². The number of carbonyl (C=O) groups is 1. The summed E-state index contributed by atoms with van der Waals surface area (Å²) in [5.74, 6) is 1.83. The van der Waals surface area contributed by atoms with Gasteiger partial charge in [-0.3, -0.25) is 4.79 Å². The number of amides is 1. The molecule has 0 unspecified atom stereocenters. The predicted octanol–water partition coefficient (Wildman–Crippen LogP) is 1.33. The van der Waals surface area contributed by atoms with Gasteiger partial charge in [0.15, 0.2) is 0 Å². The fraction of sp³-hybridized carbons (Fsp3) is 0.533. The van der Waals surface area contributed by atoms with Crippen LogP contribution in [-0.2, 0) is 4.79 Å². The van der Waals surface area contributed by atoms with E-state index >= 15 is 0 Å². The monoisotopic (exact) mass is 296 g/mol. The zero-order valence-corrected chi connectivity index (χ0v) is 13.1. The number of benzene rings is 1. The van der Waals surface area contributed by atoms with E-state index in [-0.39, 0.29) is 5.91 Å². The van der Waals surface area contributed by atoms with Crippen LogP contribution in [-0.4, -0.2) is 38.8 Å². The SMILES string of the molecule is COc1cc(OC)cc(OCCCNC(=O)C(C)(C)N)c1. The van der Waals surface area contributed by atoms with Crippen molar-refractivity contribution in [1.82, 2.24) is 5.32 Å². The standard InChI is InChI=1S/C15H24N2O4/c1-15(2,16)14(18)17-6-5-7-21-13-9-11(19-3)8-12(10-13)20-4/h8-10H,5-7,16H2,1-4H3,(H,17,18). The number of hydrogen-bond donors (Lipinski definition) is 2. The smallest absolute Gasteiger partial charge is 0.239 e. The van der Waals surface area contributed by atoms with E-state index in [9.17, 15) is 4.79 Å². The fourth-order valence-corrected chi connectivity index (χ4v) is 1.56. The number of hydrogen-bond acceptors (Lipinski definition) is 5. The van der Waals surface area contributed by atoms with Gasteiger partial charge in [-0.1, -0.05) is 0 Å². The van der Waals surface area contributed by atoms with Crippen LogP contribution in [0.2, 0.25) is 0 Å². The molecular weight excluding hydrogens is 272 g/mol. The van der Waals surface area contributed by atoms with E-state index < -0.39 is 5.54 Å². The summed E-state index contributed by atoms with van der Waals surface area (Å²) in [4.78, 5) is 11.6. The minimum absolute atomic E-state index is 0.175. The van der Waals surface area contributed by atoms with E-state index in [0.29, 0.717) is 36.8 Å². The molecule has 1 amide bonds. The Morgan fingerprint density at radius 2 is 1.67 bits per heavy atom. The molecule has 6 heteroatoms. The van der Waals surface area contributed by atoms with Gasteiger partial charge < -0.3 is 25.3 Å². The molecule has 1 aromatic rings. The van der Waals surface area contributed by atoms with E-state index in [2.05, 4.69) is 5.32 Å². The molecule has 6 nitrogen and oxygen atoms in total. The van der Waals surface area contributed by atoms with Crippen LogP contribution in [0, 0.1) is 0 Å². The van der Waals surface area contributed by atoms with Crippen molar-refractivity contribution in [2.75, 3.05) is 27.4 Å². The Bertz CT molecular complexity index is 447. The van der Waals surface area contributed by atoms with Crippen LogP contribution in [0.25, 0.3) is 0 Å². The van der Waals surface area contributed by atoms with E-state index in [0.717, 1.165) is 0 Å². The molecule has 118 valence electrons. The van der Waals surface area contributed by atoms with Gasteiger partial charge >= 0.3 is 0 Å². The van der Waals surface area contributed by atoms with E-state index in [1.165, 1.54) is 0 Å². The number of rotatable bonds is 8. The van der Waals surface area contributed by atoms with E-state index in [4.69, 9.17) is 19.9 Å². The molecule has 3 N–H and O–H groups in total. The first-order valence-corrected chi connectivity index (χ1v) is 6.80. The summed E-state index contributed by atoms with van der Waals surface area (Å²) in [6, 6.07) is 5.34. The third kappa shape index (κ3) is 5.91. The number of nitrogens with one attached hydrogen (secondary N) is 1. The van der Waals surface area contributed by atoms with Crippen LogP contribution in [0.1, 0.15) is 20.3 Å². The van der Waals surface area contributed by atoms with Crippen molar-refractivity contribution >= 4 is 5.91 Å². The van der Waals surface area contributed by atoms with Gasteiger partial charge in [-0.2, -0.15) is 0 Å². The first kappa shape index (κ1) is 17.1. The maximum atomic E-state index is 11.6. The van der Waals surface area contributed by atoms with Crippen molar-refractivity contribution in [2.24, 2.45) is 5.73 Å².